The molecule has 1 unspecified atom stereocenters. The maximum Gasteiger partial charge on any atom is 0.338 e. The lowest BCUT2D eigenvalue weighted by Gasteiger charge is -2.30. The summed E-state index contributed by atoms with van der Waals surface area (Å²) in [5.74, 6) is -0.387. The quantitative estimate of drug-likeness (QED) is 0.706. The first-order valence-electron chi connectivity index (χ1n) is 10.7. The summed E-state index contributed by atoms with van der Waals surface area (Å²) >= 11 is 0. The van der Waals surface area contributed by atoms with Crippen molar-refractivity contribution in [2.24, 2.45) is 0 Å². The van der Waals surface area contributed by atoms with Gasteiger partial charge in [0, 0.05) is 39.3 Å². The molecule has 2 aromatic rings. The highest BCUT2D eigenvalue weighted by atomic mass is 16.5. The number of aliphatic hydroxyl groups excluding tert-OH is 1. The number of morpholine rings is 1. The maximum absolute atomic E-state index is 12.5. The number of nitrogens with zero attached hydrogens (tertiary/aromatic N) is 2. The Labute approximate surface area is 178 Å². The number of rotatable bonds is 7. The first kappa shape index (κ1) is 21.0. The lowest BCUT2D eigenvalue weighted by molar-refractivity contribution is 0.0142. The van der Waals surface area contributed by atoms with Crippen molar-refractivity contribution in [1.82, 2.24) is 9.80 Å². The van der Waals surface area contributed by atoms with Crippen molar-refractivity contribution >= 4 is 5.97 Å². The summed E-state index contributed by atoms with van der Waals surface area (Å²) < 4.78 is 10.8. The first-order valence-corrected chi connectivity index (χ1v) is 10.7. The molecule has 160 valence electrons. The largest absolute Gasteiger partial charge is 0.459 e. The second-order valence-corrected chi connectivity index (χ2v) is 8.10. The Morgan fingerprint density at radius 1 is 1.03 bits per heavy atom. The highest BCUT2D eigenvalue weighted by Gasteiger charge is 2.20. The molecular formula is C24H30N2O4. The fourth-order valence-electron chi connectivity index (χ4n) is 4.13. The zero-order valence-electron chi connectivity index (χ0n) is 17.3. The SMILES string of the molecule is O=C(OCC(O)CN1CCc2ccccc2C1)c1cccc(CN2CCOCC2)c1. The fraction of sp³-hybridized carbons (Fsp3) is 0.458. The standard InChI is InChI=1S/C24H30N2O4/c27-23(17-26-9-8-20-5-1-2-6-22(20)16-26)18-30-24(28)21-7-3-4-19(14-21)15-25-10-12-29-13-11-25/h1-7,14,23,27H,8-13,15-18H2. The van der Waals surface area contributed by atoms with Gasteiger partial charge in [0.2, 0.25) is 0 Å². The van der Waals surface area contributed by atoms with Gasteiger partial charge < -0.3 is 14.6 Å². The number of fused-ring (bicyclic) bond motifs is 1. The molecule has 1 N–H and O–H groups in total. The summed E-state index contributed by atoms with van der Waals surface area (Å²) in [7, 11) is 0. The Bertz CT molecular complexity index is 851. The summed E-state index contributed by atoms with van der Waals surface area (Å²) in [6.45, 7) is 6.34. The maximum atomic E-state index is 12.5. The molecule has 30 heavy (non-hydrogen) atoms. The summed E-state index contributed by atoms with van der Waals surface area (Å²) in [6.07, 6.45) is 0.286. The minimum atomic E-state index is -0.698. The number of carbonyl (C=O) groups excluding carboxylic acids is 1. The van der Waals surface area contributed by atoms with Crippen LogP contribution in [0.4, 0.5) is 0 Å². The van der Waals surface area contributed by atoms with Crippen LogP contribution >= 0.6 is 0 Å². The van der Waals surface area contributed by atoms with Gasteiger partial charge in [0.15, 0.2) is 0 Å². The number of aliphatic hydroxyl groups is 1. The van der Waals surface area contributed by atoms with Crippen molar-refractivity contribution in [3.63, 3.8) is 0 Å². The van der Waals surface area contributed by atoms with Gasteiger partial charge in [-0.05, 0) is 35.2 Å². The van der Waals surface area contributed by atoms with Crippen molar-refractivity contribution in [2.45, 2.75) is 25.6 Å². The second-order valence-electron chi connectivity index (χ2n) is 8.10. The molecule has 2 aromatic carbocycles. The van der Waals surface area contributed by atoms with E-state index in [9.17, 15) is 9.90 Å². The molecule has 0 aliphatic carbocycles. The third kappa shape index (κ3) is 5.67. The molecule has 1 atom stereocenters. The Hall–Kier alpha value is -2.25. The van der Waals surface area contributed by atoms with Crippen molar-refractivity contribution in [1.29, 1.82) is 0 Å². The minimum absolute atomic E-state index is 0.00463. The van der Waals surface area contributed by atoms with Crippen LogP contribution in [0.1, 0.15) is 27.0 Å². The summed E-state index contributed by atoms with van der Waals surface area (Å²) in [4.78, 5) is 17.0. The third-order valence-electron chi connectivity index (χ3n) is 5.76. The molecule has 6 nitrogen and oxygen atoms in total. The topological polar surface area (TPSA) is 62.2 Å². The molecule has 2 heterocycles. The lowest BCUT2D eigenvalue weighted by Crippen LogP contribution is -2.38. The van der Waals surface area contributed by atoms with Crippen LogP contribution in [-0.2, 0) is 29.0 Å². The molecule has 1 fully saturated rings. The van der Waals surface area contributed by atoms with E-state index >= 15 is 0 Å². The van der Waals surface area contributed by atoms with Crippen LogP contribution in [0.25, 0.3) is 0 Å². The zero-order chi connectivity index (χ0) is 20.8. The van der Waals surface area contributed by atoms with E-state index in [-0.39, 0.29) is 12.6 Å². The zero-order valence-corrected chi connectivity index (χ0v) is 17.3. The van der Waals surface area contributed by atoms with Gasteiger partial charge in [-0.1, -0.05) is 36.4 Å². The Balaban J connectivity index is 1.24. The molecule has 6 heteroatoms. The second kappa shape index (κ2) is 10.2. The number of ether oxygens (including phenoxy) is 2. The predicted molar refractivity (Wildman–Crippen MR) is 114 cm³/mol. The van der Waals surface area contributed by atoms with E-state index in [1.54, 1.807) is 6.07 Å². The summed E-state index contributed by atoms with van der Waals surface area (Å²) in [6, 6.07) is 16.0. The number of esters is 1. The molecule has 0 aromatic heterocycles. The molecule has 0 spiro atoms. The van der Waals surface area contributed by atoms with Gasteiger partial charge in [0.1, 0.15) is 12.7 Å². The van der Waals surface area contributed by atoms with Crippen molar-refractivity contribution in [3.05, 3.63) is 70.8 Å². The van der Waals surface area contributed by atoms with Gasteiger partial charge >= 0.3 is 5.97 Å². The highest BCUT2D eigenvalue weighted by Crippen LogP contribution is 2.18. The molecule has 0 radical (unpaired) electrons. The van der Waals surface area contributed by atoms with E-state index in [1.807, 2.05) is 24.3 Å². The average Bonchev–Trinajstić information content (AvgIpc) is 2.78. The monoisotopic (exact) mass is 410 g/mol. The third-order valence-corrected chi connectivity index (χ3v) is 5.76. The fourth-order valence-corrected chi connectivity index (χ4v) is 4.13. The van der Waals surface area contributed by atoms with Crippen LogP contribution in [0.15, 0.2) is 48.5 Å². The number of carbonyl (C=O) groups is 1. The van der Waals surface area contributed by atoms with Gasteiger partial charge in [-0.25, -0.2) is 4.79 Å². The Morgan fingerprint density at radius 3 is 2.67 bits per heavy atom. The van der Waals surface area contributed by atoms with Gasteiger partial charge in [-0.15, -0.1) is 0 Å². The normalized spacial score (nSPS) is 18.6. The molecular weight excluding hydrogens is 380 g/mol. The smallest absolute Gasteiger partial charge is 0.338 e. The van der Waals surface area contributed by atoms with Crippen LogP contribution in [-0.4, -0.2) is 73.0 Å². The highest BCUT2D eigenvalue weighted by molar-refractivity contribution is 5.89. The molecule has 4 rings (SSSR count). The summed E-state index contributed by atoms with van der Waals surface area (Å²) in [5, 5.41) is 10.4. The Kier molecular flexibility index (Phi) is 7.12. The van der Waals surface area contributed by atoms with Crippen molar-refractivity contribution in [2.75, 3.05) is 46.0 Å². The average molecular weight is 411 g/mol. The molecule has 0 amide bonds. The van der Waals surface area contributed by atoms with E-state index in [0.29, 0.717) is 12.1 Å². The lowest BCUT2D eigenvalue weighted by atomic mass is 10.00. The van der Waals surface area contributed by atoms with E-state index in [0.717, 1.165) is 57.9 Å². The van der Waals surface area contributed by atoms with Gasteiger partial charge in [-0.3, -0.25) is 9.80 Å². The predicted octanol–water partition coefficient (Wildman–Crippen LogP) is 2.09. The van der Waals surface area contributed by atoms with E-state index in [4.69, 9.17) is 9.47 Å². The first-order chi connectivity index (χ1) is 14.7. The van der Waals surface area contributed by atoms with Crippen LogP contribution in [0.5, 0.6) is 0 Å². The summed E-state index contributed by atoms with van der Waals surface area (Å²) in [5.41, 5.74) is 4.30. The van der Waals surface area contributed by atoms with Gasteiger partial charge in [0.25, 0.3) is 0 Å². The Morgan fingerprint density at radius 2 is 1.83 bits per heavy atom. The van der Waals surface area contributed by atoms with E-state index in [1.165, 1.54) is 11.1 Å². The van der Waals surface area contributed by atoms with Crippen molar-refractivity contribution in [3.8, 4) is 0 Å². The molecule has 0 saturated carbocycles. The molecule has 2 aliphatic heterocycles. The molecule has 1 saturated heterocycles. The number of benzene rings is 2. The minimum Gasteiger partial charge on any atom is -0.459 e. The van der Waals surface area contributed by atoms with Crippen LogP contribution in [0.2, 0.25) is 0 Å². The van der Waals surface area contributed by atoms with Gasteiger partial charge in [-0.2, -0.15) is 0 Å². The molecule has 0 bridgehead atoms. The van der Waals surface area contributed by atoms with Crippen LogP contribution < -0.4 is 0 Å². The van der Waals surface area contributed by atoms with E-state index in [2.05, 4.69) is 28.0 Å². The van der Waals surface area contributed by atoms with E-state index < -0.39 is 6.10 Å². The van der Waals surface area contributed by atoms with Crippen LogP contribution in [0.3, 0.4) is 0 Å². The number of β-amino-alcohol motifs (C(OH)–C–C–N with tert-alkyl or cyclic N) is 1. The number of hydrogen-bond donors (Lipinski definition) is 1. The molecule has 2 aliphatic rings. The van der Waals surface area contributed by atoms with Gasteiger partial charge in [0.05, 0.1) is 18.8 Å². The van der Waals surface area contributed by atoms with Crippen LogP contribution in [0, 0.1) is 0 Å². The van der Waals surface area contributed by atoms with Crippen molar-refractivity contribution < 1.29 is 19.4 Å². The number of hydrogen-bond acceptors (Lipinski definition) is 6.